The largest absolute Gasteiger partial charge is 0.323 e. The van der Waals surface area contributed by atoms with Crippen molar-refractivity contribution in [2.45, 2.75) is 23.6 Å². The van der Waals surface area contributed by atoms with E-state index in [1.54, 1.807) is 26.0 Å². The SMILES string of the molecule is Cc1ccc(C(=O)Nc2cccc(S(=O)(=O)O)c2)cc1NC(=O)Nc1cc(C(=O)Nc2cccc(S(=O)(=O)O)c2)ccc1C. The van der Waals surface area contributed by atoms with Crippen LogP contribution in [0.4, 0.5) is 27.5 Å². The summed E-state index contributed by atoms with van der Waals surface area (Å²) in [5, 5.41) is 10.4. The molecule has 44 heavy (non-hydrogen) atoms. The van der Waals surface area contributed by atoms with Gasteiger partial charge in [-0.3, -0.25) is 18.7 Å². The number of rotatable bonds is 8. The van der Waals surface area contributed by atoms with Crippen molar-refractivity contribution in [3.63, 3.8) is 0 Å². The van der Waals surface area contributed by atoms with E-state index >= 15 is 0 Å². The lowest BCUT2D eigenvalue weighted by atomic mass is 10.1. The van der Waals surface area contributed by atoms with Crippen LogP contribution in [0.1, 0.15) is 31.8 Å². The zero-order valence-corrected chi connectivity index (χ0v) is 24.8. The third kappa shape index (κ3) is 8.05. The maximum Gasteiger partial charge on any atom is 0.323 e. The molecular formula is C29H26N4O9S2. The second-order valence-electron chi connectivity index (χ2n) is 9.55. The van der Waals surface area contributed by atoms with Gasteiger partial charge in [-0.05, 0) is 85.6 Å². The summed E-state index contributed by atoms with van der Waals surface area (Å²) >= 11 is 0. The number of aryl methyl sites for hydroxylation is 2. The fourth-order valence-corrected chi connectivity index (χ4v) is 5.00. The normalized spacial score (nSPS) is 11.4. The van der Waals surface area contributed by atoms with Gasteiger partial charge in [0, 0.05) is 33.9 Å². The highest BCUT2D eigenvalue weighted by Gasteiger charge is 2.16. The summed E-state index contributed by atoms with van der Waals surface area (Å²) in [6, 6.07) is 18.6. The molecule has 0 atom stereocenters. The average Bonchev–Trinajstić information content (AvgIpc) is 2.94. The van der Waals surface area contributed by atoms with Crippen LogP contribution in [0.5, 0.6) is 0 Å². The molecule has 0 radical (unpaired) electrons. The van der Waals surface area contributed by atoms with Crippen molar-refractivity contribution in [3.05, 3.63) is 107 Å². The molecule has 15 heteroatoms. The maximum atomic E-state index is 12.9. The molecule has 0 heterocycles. The monoisotopic (exact) mass is 638 g/mol. The number of hydrogen-bond donors (Lipinski definition) is 6. The zero-order chi connectivity index (χ0) is 32.2. The van der Waals surface area contributed by atoms with Gasteiger partial charge in [-0.25, -0.2) is 4.79 Å². The lowest BCUT2D eigenvalue weighted by Gasteiger charge is -2.14. The third-order valence-corrected chi connectivity index (χ3v) is 7.97. The van der Waals surface area contributed by atoms with E-state index in [9.17, 15) is 40.3 Å². The van der Waals surface area contributed by atoms with E-state index in [-0.39, 0.29) is 32.3 Å². The topological polar surface area (TPSA) is 208 Å². The molecule has 0 saturated heterocycles. The van der Waals surface area contributed by atoms with Crippen LogP contribution in [0.15, 0.2) is 94.7 Å². The fourth-order valence-electron chi connectivity index (χ4n) is 3.95. The summed E-state index contributed by atoms with van der Waals surface area (Å²) in [6.07, 6.45) is 0. The molecule has 0 spiro atoms. The van der Waals surface area contributed by atoms with Gasteiger partial charge in [0.05, 0.1) is 9.79 Å². The van der Waals surface area contributed by atoms with Crippen molar-refractivity contribution in [1.82, 2.24) is 0 Å². The molecule has 4 amide bonds. The Hall–Kier alpha value is -5.09. The van der Waals surface area contributed by atoms with Gasteiger partial charge >= 0.3 is 6.03 Å². The molecular weight excluding hydrogens is 612 g/mol. The second-order valence-corrected chi connectivity index (χ2v) is 12.4. The zero-order valence-electron chi connectivity index (χ0n) is 23.2. The van der Waals surface area contributed by atoms with Crippen LogP contribution in [-0.2, 0) is 20.2 Å². The molecule has 4 aromatic carbocycles. The molecule has 228 valence electrons. The van der Waals surface area contributed by atoms with Gasteiger partial charge in [-0.15, -0.1) is 0 Å². The summed E-state index contributed by atoms with van der Waals surface area (Å²) in [7, 11) is -8.93. The molecule has 0 aliphatic carbocycles. The Morgan fingerprint density at radius 3 is 1.30 bits per heavy atom. The quantitative estimate of drug-likeness (QED) is 0.144. The molecule has 0 aliphatic heterocycles. The number of carbonyl (C=O) groups is 3. The van der Waals surface area contributed by atoms with Crippen molar-refractivity contribution < 1.29 is 40.3 Å². The first-order valence-electron chi connectivity index (χ1n) is 12.7. The van der Waals surface area contributed by atoms with Crippen LogP contribution in [0.3, 0.4) is 0 Å². The molecule has 0 aromatic heterocycles. The van der Waals surface area contributed by atoms with Crippen molar-refractivity contribution in [3.8, 4) is 0 Å². The van der Waals surface area contributed by atoms with E-state index in [1.807, 2.05) is 0 Å². The highest BCUT2D eigenvalue weighted by molar-refractivity contribution is 7.86. The summed E-state index contributed by atoms with van der Waals surface area (Å²) in [5.74, 6) is -1.20. The average molecular weight is 639 g/mol. The predicted molar refractivity (Wildman–Crippen MR) is 163 cm³/mol. The van der Waals surface area contributed by atoms with Crippen LogP contribution in [-0.4, -0.2) is 43.8 Å². The van der Waals surface area contributed by atoms with Crippen molar-refractivity contribution in [2.24, 2.45) is 0 Å². The molecule has 6 N–H and O–H groups in total. The van der Waals surface area contributed by atoms with Gasteiger partial charge < -0.3 is 21.3 Å². The number of benzene rings is 4. The van der Waals surface area contributed by atoms with Gasteiger partial charge in [-0.1, -0.05) is 24.3 Å². The predicted octanol–water partition coefficient (Wildman–Crippen LogP) is 4.95. The van der Waals surface area contributed by atoms with Crippen molar-refractivity contribution >= 4 is 60.8 Å². The van der Waals surface area contributed by atoms with Gasteiger partial charge in [0.15, 0.2) is 0 Å². The Kier molecular flexibility index (Phi) is 9.15. The highest BCUT2D eigenvalue weighted by Crippen LogP contribution is 2.23. The van der Waals surface area contributed by atoms with Crippen molar-refractivity contribution in [2.75, 3.05) is 21.3 Å². The summed E-state index contributed by atoms with van der Waals surface area (Å²) in [5.41, 5.74) is 2.41. The van der Waals surface area contributed by atoms with Crippen LogP contribution in [0.25, 0.3) is 0 Å². The van der Waals surface area contributed by atoms with E-state index in [0.29, 0.717) is 22.5 Å². The van der Waals surface area contributed by atoms with Crippen LogP contribution < -0.4 is 21.3 Å². The fraction of sp³-hybridized carbons (Fsp3) is 0.0690. The van der Waals surface area contributed by atoms with Crippen LogP contribution >= 0.6 is 0 Å². The molecule has 0 aliphatic rings. The van der Waals surface area contributed by atoms with Gasteiger partial charge in [0.25, 0.3) is 32.1 Å². The first-order valence-corrected chi connectivity index (χ1v) is 15.6. The molecule has 4 aromatic rings. The molecule has 0 fully saturated rings. The first-order chi connectivity index (χ1) is 20.6. The Labute approximate surface area is 252 Å². The van der Waals surface area contributed by atoms with E-state index in [0.717, 1.165) is 12.1 Å². The summed E-state index contributed by atoms with van der Waals surface area (Å²) in [6.45, 7) is 3.42. The van der Waals surface area contributed by atoms with Gasteiger partial charge in [0.2, 0.25) is 0 Å². The lowest BCUT2D eigenvalue weighted by molar-refractivity contribution is 0.101. The smallest absolute Gasteiger partial charge is 0.322 e. The van der Waals surface area contributed by atoms with E-state index in [4.69, 9.17) is 0 Å². The molecule has 0 bridgehead atoms. The summed E-state index contributed by atoms with van der Waals surface area (Å²) in [4.78, 5) is 37.8. The number of nitrogens with one attached hydrogen (secondary N) is 4. The Bertz CT molecular complexity index is 1870. The second kappa shape index (κ2) is 12.6. The molecule has 0 unspecified atom stereocenters. The molecule has 4 rings (SSSR count). The standard InChI is InChI=1S/C29H26N4O9S2/c1-17-9-11-19(27(34)30-21-5-3-7-23(15-21)43(37,38)39)13-25(17)32-29(36)33-26-14-20(12-10-18(26)2)28(35)31-22-6-4-8-24(16-22)44(40,41)42/h3-16H,1-2H3,(H,30,34)(H,31,35)(H2,32,33,36)(H,37,38,39)(H,40,41,42). The number of urea groups is 1. The minimum atomic E-state index is -4.47. The Morgan fingerprint density at radius 2 is 0.932 bits per heavy atom. The maximum absolute atomic E-state index is 12.9. The van der Waals surface area contributed by atoms with E-state index in [1.165, 1.54) is 60.7 Å². The Morgan fingerprint density at radius 1 is 0.545 bits per heavy atom. The lowest BCUT2D eigenvalue weighted by Crippen LogP contribution is -2.22. The first kappa shape index (κ1) is 31.8. The number of hydrogen-bond acceptors (Lipinski definition) is 7. The minimum Gasteiger partial charge on any atom is -0.322 e. The van der Waals surface area contributed by atoms with Crippen molar-refractivity contribution in [1.29, 1.82) is 0 Å². The highest BCUT2D eigenvalue weighted by atomic mass is 32.2. The van der Waals surface area contributed by atoms with Gasteiger partial charge in [-0.2, -0.15) is 16.8 Å². The van der Waals surface area contributed by atoms with E-state index in [2.05, 4.69) is 21.3 Å². The number of amides is 4. The van der Waals surface area contributed by atoms with Crippen LogP contribution in [0, 0.1) is 13.8 Å². The molecule has 13 nitrogen and oxygen atoms in total. The number of anilines is 4. The van der Waals surface area contributed by atoms with E-state index < -0.39 is 38.1 Å². The Balaban J connectivity index is 1.46. The molecule has 0 saturated carbocycles. The van der Waals surface area contributed by atoms with Gasteiger partial charge in [0.1, 0.15) is 0 Å². The van der Waals surface area contributed by atoms with Crippen LogP contribution in [0.2, 0.25) is 0 Å². The number of carbonyl (C=O) groups excluding carboxylic acids is 3. The summed E-state index contributed by atoms with van der Waals surface area (Å²) < 4.78 is 64.1. The minimum absolute atomic E-state index is 0.128. The third-order valence-electron chi connectivity index (χ3n) is 6.28.